The van der Waals surface area contributed by atoms with Crippen LogP contribution in [0.1, 0.15) is 11.1 Å². The summed E-state index contributed by atoms with van der Waals surface area (Å²) in [5.41, 5.74) is 5.68. The molecule has 0 aromatic heterocycles. The van der Waals surface area contributed by atoms with E-state index in [0.717, 1.165) is 25.8 Å². The molecule has 98 valence electrons. The fraction of sp³-hybridized carbons (Fsp3) is 0.0714. The molecule has 2 rings (SSSR count). The summed E-state index contributed by atoms with van der Waals surface area (Å²) in [6.45, 7) is 2.02. The molecular formula is C14H11Br2FN2. The number of hydrazone groups is 1. The molecular weight excluding hydrogens is 375 g/mol. The summed E-state index contributed by atoms with van der Waals surface area (Å²) >= 11 is 6.99. The van der Waals surface area contributed by atoms with E-state index in [1.165, 1.54) is 12.1 Å². The van der Waals surface area contributed by atoms with E-state index in [0.29, 0.717) is 0 Å². The van der Waals surface area contributed by atoms with Gasteiger partial charge in [0.15, 0.2) is 0 Å². The first kappa shape index (κ1) is 14.2. The van der Waals surface area contributed by atoms with Gasteiger partial charge in [-0.25, -0.2) is 4.39 Å². The molecule has 0 radical (unpaired) electrons. The first-order valence-corrected chi connectivity index (χ1v) is 7.15. The highest BCUT2D eigenvalue weighted by atomic mass is 79.9. The third-order valence-electron chi connectivity index (χ3n) is 2.45. The molecule has 0 saturated heterocycles. The lowest BCUT2D eigenvalue weighted by atomic mass is 10.2. The number of aryl methyl sites for hydroxylation is 1. The van der Waals surface area contributed by atoms with Gasteiger partial charge in [-0.05, 0) is 48.9 Å². The first-order chi connectivity index (χ1) is 9.06. The highest BCUT2D eigenvalue weighted by molar-refractivity contribution is 9.11. The summed E-state index contributed by atoms with van der Waals surface area (Å²) < 4.78 is 14.7. The standard InChI is InChI=1S/C14H11Br2FN2/c1-9-6-13(15)12(14(16)7-9)8-18-19-11-4-2-10(17)3-5-11/h2-8,19H,1H3/b18-8-. The van der Waals surface area contributed by atoms with E-state index in [1.807, 2.05) is 19.1 Å². The Morgan fingerprint density at radius 2 is 1.68 bits per heavy atom. The number of anilines is 1. The van der Waals surface area contributed by atoms with Crippen LogP contribution in [0.15, 0.2) is 50.4 Å². The van der Waals surface area contributed by atoms with Crippen LogP contribution in [0, 0.1) is 12.7 Å². The zero-order valence-corrected chi connectivity index (χ0v) is 13.3. The smallest absolute Gasteiger partial charge is 0.123 e. The molecule has 0 aliphatic carbocycles. The van der Waals surface area contributed by atoms with Crippen molar-refractivity contribution in [1.29, 1.82) is 0 Å². The molecule has 5 heteroatoms. The minimum Gasteiger partial charge on any atom is -0.279 e. The predicted octanol–water partition coefficient (Wildman–Crippen LogP) is 5.11. The van der Waals surface area contributed by atoms with E-state index in [4.69, 9.17) is 0 Å². The Bertz CT molecular complexity index is 586. The van der Waals surface area contributed by atoms with Crippen molar-refractivity contribution >= 4 is 43.8 Å². The topological polar surface area (TPSA) is 24.4 Å². The van der Waals surface area contributed by atoms with Crippen LogP contribution in [0.4, 0.5) is 10.1 Å². The Balaban J connectivity index is 2.13. The molecule has 1 N–H and O–H groups in total. The molecule has 0 heterocycles. The van der Waals surface area contributed by atoms with Crippen LogP contribution < -0.4 is 5.43 Å². The molecule has 19 heavy (non-hydrogen) atoms. The Labute approximate surface area is 128 Å². The van der Waals surface area contributed by atoms with Crippen molar-refractivity contribution in [3.8, 4) is 0 Å². The second kappa shape index (κ2) is 6.30. The summed E-state index contributed by atoms with van der Waals surface area (Å²) in [5, 5.41) is 4.14. The maximum Gasteiger partial charge on any atom is 0.123 e. The first-order valence-electron chi connectivity index (χ1n) is 5.56. The fourth-order valence-electron chi connectivity index (χ4n) is 1.53. The Hall–Kier alpha value is -1.20. The van der Waals surface area contributed by atoms with Gasteiger partial charge in [-0.2, -0.15) is 5.10 Å². The molecule has 2 nitrogen and oxygen atoms in total. The number of hydrogen-bond donors (Lipinski definition) is 1. The zero-order valence-electron chi connectivity index (χ0n) is 10.1. The molecule has 0 amide bonds. The van der Waals surface area contributed by atoms with Crippen molar-refractivity contribution in [2.75, 3.05) is 5.43 Å². The van der Waals surface area contributed by atoms with Gasteiger partial charge in [0.2, 0.25) is 0 Å². The van der Waals surface area contributed by atoms with Crippen molar-refractivity contribution in [3.05, 3.63) is 62.3 Å². The monoisotopic (exact) mass is 384 g/mol. The molecule has 0 unspecified atom stereocenters. The molecule has 2 aromatic carbocycles. The van der Waals surface area contributed by atoms with Crippen LogP contribution in [0.3, 0.4) is 0 Å². The van der Waals surface area contributed by atoms with Gasteiger partial charge in [-0.1, -0.05) is 31.9 Å². The molecule has 0 atom stereocenters. The molecule has 0 spiro atoms. The largest absolute Gasteiger partial charge is 0.279 e. The van der Waals surface area contributed by atoms with E-state index in [9.17, 15) is 4.39 Å². The Morgan fingerprint density at radius 1 is 1.11 bits per heavy atom. The lowest BCUT2D eigenvalue weighted by Crippen LogP contribution is -1.93. The Morgan fingerprint density at radius 3 is 2.26 bits per heavy atom. The molecule has 0 fully saturated rings. The van der Waals surface area contributed by atoms with Gasteiger partial charge < -0.3 is 0 Å². The lowest BCUT2D eigenvalue weighted by Gasteiger charge is -2.04. The maximum absolute atomic E-state index is 12.7. The van der Waals surface area contributed by atoms with E-state index < -0.39 is 0 Å². The zero-order chi connectivity index (χ0) is 13.8. The summed E-state index contributed by atoms with van der Waals surface area (Å²) in [7, 11) is 0. The van der Waals surface area contributed by atoms with Crippen LogP contribution in [-0.2, 0) is 0 Å². The van der Waals surface area contributed by atoms with Gasteiger partial charge in [0.25, 0.3) is 0 Å². The van der Waals surface area contributed by atoms with Crippen molar-refractivity contribution in [3.63, 3.8) is 0 Å². The lowest BCUT2D eigenvalue weighted by molar-refractivity contribution is 0.628. The van der Waals surface area contributed by atoms with E-state index in [1.54, 1.807) is 18.3 Å². The fourth-order valence-corrected chi connectivity index (χ4v) is 3.15. The van der Waals surface area contributed by atoms with Crippen molar-refractivity contribution < 1.29 is 4.39 Å². The number of halogens is 3. The van der Waals surface area contributed by atoms with Gasteiger partial charge in [-0.15, -0.1) is 0 Å². The summed E-state index contributed by atoms with van der Waals surface area (Å²) in [6, 6.07) is 10.1. The maximum atomic E-state index is 12.7. The quantitative estimate of drug-likeness (QED) is 0.576. The third-order valence-corrected chi connectivity index (χ3v) is 3.77. The van der Waals surface area contributed by atoms with Crippen molar-refractivity contribution in [2.24, 2.45) is 5.10 Å². The minimum absolute atomic E-state index is 0.265. The number of nitrogens with zero attached hydrogens (tertiary/aromatic N) is 1. The molecule has 0 aliphatic heterocycles. The van der Waals surface area contributed by atoms with Crippen LogP contribution in [0.5, 0.6) is 0 Å². The van der Waals surface area contributed by atoms with Crippen LogP contribution >= 0.6 is 31.9 Å². The van der Waals surface area contributed by atoms with Crippen LogP contribution in [0.2, 0.25) is 0 Å². The number of rotatable bonds is 3. The Kier molecular flexibility index (Phi) is 4.71. The van der Waals surface area contributed by atoms with Gasteiger partial charge in [0, 0.05) is 14.5 Å². The average Bonchev–Trinajstić information content (AvgIpc) is 2.34. The van der Waals surface area contributed by atoms with E-state index >= 15 is 0 Å². The number of hydrogen-bond acceptors (Lipinski definition) is 2. The normalized spacial score (nSPS) is 10.9. The van der Waals surface area contributed by atoms with Crippen LogP contribution in [-0.4, -0.2) is 6.21 Å². The van der Waals surface area contributed by atoms with Gasteiger partial charge in [0.1, 0.15) is 5.82 Å². The van der Waals surface area contributed by atoms with E-state index in [2.05, 4.69) is 42.4 Å². The average molecular weight is 386 g/mol. The SMILES string of the molecule is Cc1cc(Br)c(/C=N\Nc2ccc(F)cc2)c(Br)c1. The molecule has 0 bridgehead atoms. The number of benzene rings is 2. The second-order valence-electron chi connectivity index (χ2n) is 4.02. The minimum atomic E-state index is -0.265. The second-order valence-corrected chi connectivity index (χ2v) is 5.73. The van der Waals surface area contributed by atoms with Crippen molar-refractivity contribution in [2.45, 2.75) is 6.92 Å². The van der Waals surface area contributed by atoms with Crippen LogP contribution in [0.25, 0.3) is 0 Å². The highest BCUT2D eigenvalue weighted by Crippen LogP contribution is 2.25. The highest BCUT2D eigenvalue weighted by Gasteiger charge is 2.03. The predicted molar refractivity (Wildman–Crippen MR) is 84.2 cm³/mol. The van der Waals surface area contributed by atoms with E-state index in [-0.39, 0.29) is 5.82 Å². The van der Waals surface area contributed by atoms with Gasteiger partial charge in [-0.3, -0.25) is 5.43 Å². The number of nitrogens with one attached hydrogen (secondary N) is 1. The van der Waals surface area contributed by atoms with Crippen molar-refractivity contribution in [1.82, 2.24) is 0 Å². The third kappa shape index (κ3) is 3.88. The summed E-state index contributed by atoms with van der Waals surface area (Å²) in [6.07, 6.45) is 1.71. The van der Waals surface area contributed by atoms with Gasteiger partial charge in [0.05, 0.1) is 11.9 Å². The summed E-state index contributed by atoms with van der Waals surface area (Å²) in [4.78, 5) is 0. The molecule has 0 aliphatic rings. The summed E-state index contributed by atoms with van der Waals surface area (Å²) in [5.74, 6) is -0.265. The molecule has 2 aromatic rings. The van der Waals surface area contributed by atoms with Gasteiger partial charge >= 0.3 is 0 Å². The molecule has 0 saturated carbocycles.